The van der Waals surface area contributed by atoms with Crippen molar-refractivity contribution in [3.63, 3.8) is 0 Å². The molecule has 0 radical (unpaired) electrons. The average Bonchev–Trinajstić information content (AvgIpc) is 2.50. The van der Waals surface area contributed by atoms with Gasteiger partial charge in [-0.1, -0.05) is 0 Å². The third kappa shape index (κ3) is 3.88. The summed E-state index contributed by atoms with van der Waals surface area (Å²) in [5, 5.41) is 19.1. The minimum absolute atomic E-state index is 0.0534. The number of fused-ring (bicyclic) bond motifs is 1. The van der Waals surface area contributed by atoms with Gasteiger partial charge >= 0.3 is 5.97 Å². The van der Waals surface area contributed by atoms with E-state index in [4.69, 9.17) is 9.84 Å². The quantitative estimate of drug-likeness (QED) is 0.777. The molecule has 0 fully saturated rings. The minimum Gasteiger partial charge on any atom is -0.507 e. The summed E-state index contributed by atoms with van der Waals surface area (Å²) in [6.45, 7) is 7.18. The molecule has 0 spiro atoms. The number of rotatable bonds is 1. The van der Waals surface area contributed by atoms with E-state index in [9.17, 15) is 9.90 Å². The molecule has 1 aromatic rings. The molecule has 1 heterocycles. The highest BCUT2D eigenvalue weighted by Gasteiger charge is 2.25. The number of aliphatic hydroxyl groups is 1. The molecule has 1 aliphatic rings. The lowest BCUT2D eigenvalue weighted by atomic mass is 9.92. The van der Waals surface area contributed by atoms with Crippen LogP contribution < -0.4 is 4.74 Å². The lowest BCUT2D eigenvalue weighted by Crippen LogP contribution is -2.27. The first-order valence-corrected chi connectivity index (χ1v) is 6.97. The first kappa shape index (κ1) is 17.3. The topological polar surface area (TPSA) is 76.0 Å². The van der Waals surface area contributed by atoms with Crippen LogP contribution in [0.1, 0.15) is 35.6 Å². The van der Waals surface area contributed by atoms with E-state index in [2.05, 4.69) is 4.74 Å². The Balaban J connectivity index is 0.000000383. The number of phenolic OH excluding ortho intramolecular Hbond substituents is 1. The highest BCUT2D eigenvalue weighted by atomic mass is 16.5. The van der Waals surface area contributed by atoms with Gasteiger partial charge in [0.1, 0.15) is 17.6 Å². The summed E-state index contributed by atoms with van der Waals surface area (Å²) in [4.78, 5) is 9.59. The largest absolute Gasteiger partial charge is 0.507 e. The van der Waals surface area contributed by atoms with Gasteiger partial charge in [0.2, 0.25) is 0 Å². The molecule has 0 saturated heterocycles. The van der Waals surface area contributed by atoms with Crippen molar-refractivity contribution in [1.29, 1.82) is 0 Å². The molecule has 2 N–H and O–H groups in total. The monoisotopic (exact) mass is 296 g/mol. The molecule has 1 unspecified atom stereocenters. The van der Waals surface area contributed by atoms with Gasteiger partial charge in [-0.2, -0.15) is 0 Å². The van der Waals surface area contributed by atoms with Crippen LogP contribution in [0.15, 0.2) is 0 Å². The molecule has 2 rings (SSSR count). The van der Waals surface area contributed by atoms with Crippen molar-refractivity contribution < 1.29 is 24.5 Å². The van der Waals surface area contributed by atoms with Crippen LogP contribution in [-0.4, -0.2) is 36.0 Å². The molecule has 0 saturated carbocycles. The van der Waals surface area contributed by atoms with E-state index in [1.165, 1.54) is 14.0 Å². The van der Waals surface area contributed by atoms with E-state index in [-0.39, 0.29) is 18.7 Å². The Hall–Kier alpha value is -1.75. The second-order valence-electron chi connectivity index (χ2n) is 5.19. The van der Waals surface area contributed by atoms with Crippen molar-refractivity contribution >= 4 is 5.97 Å². The predicted molar refractivity (Wildman–Crippen MR) is 79.8 cm³/mol. The molecular formula is C16H24O5. The van der Waals surface area contributed by atoms with Crippen LogP contribution in [0.5, 0.6) is 11.5 Å². The summed E-state index contributed by atoms with van der Waals surface area (Å²) in [5.41, 5.74) is 3.85. The van der Waals surface area contributed by atoms with Crippen molar-refractivity contribution in [2.75, 3.05) is 13.7 Å². The molecule has 1 atom stereocenters. The Labute approximate surface area is 125 Å². The van der Waals surface area contributed by atoms with Crippen LogP contribution in [0.25, 0.3) is 0 Å². The van der Waals surface area contributed by atoms with Crippen molar-refractivity contribution in [2.24, 2.45) is 0 Å². The standard InChI is InChI=1S/C13H18O3.C3H6O2/c1-7-8(2)13-11(9(3)12(7)15)5-4-10(6-14)16-13;1-3(4)5-2/h10,14-15H,4-6H2,1-3H3;1-2H3. The first-order chi connectivity index (χ1) is 9.83. The number of hydrogen-bond acceptors (Lipinski definition) is 5. The number of phenols is 1. The summed E-state index contributed by atoms with van der Waals surface area (Å²) in [5.74, 6) is 0.991. The highest BCUT2D eigenvalue weighted by molar-refractivity contribution is 5.65. The van der Waals surface area contributed by atoms with Crippen molar-refractivity contribution in [1.82, 2.24) is 0 Å². The Kier molecular flexibility index (Phi) is 6.03. The zero-order chi connectivity index (χ0) is 16.2. The fourth-order valence-electron chi connectivity index (χ4n) is 2.29. The molecule has 1 aliphatic heterocycles. The smallest absolute Gasteiger partial charge is 0.302 e. The van der Waals surface area contributed by atoms with Crippen LogP contribution in [-0.2, 0) is 16.0 Å². The Bertz CT molecular complexity index is 522. The molecule has 118 valence electrons. The predicted octanol–water partition coefficient (Wildman–Crippen LogP) is 2.18. The van der Waals surface area contributed by atoms with E-state index < -0.39 is 0 Å². The van der Waals surface area contributed by atoms with Crippen molar-refractivity contribution in [2.45, 2.75) is 46.6 Å². The van der Waals surface area contributed by atoms with Crippen LogP contribution in [0, 0.1) is 20.8 Å². The van der Waals surface area contributed by atoms with Gasteiger partial charge in [0.05, 0.1) is 13.7 Å². The maximum absolute atomic E-state index is 9.96. The maximum Gasteiger partial charge on any atom is 0.302 e. The van der Waals surface area contributed by atoms with Gasteiger partial charge in [0.25, 0.3) is 0 Å². The lowest BCUT2D eigenvalue weighted by molar-refractivity contribution is -0.137. The molecule has 0 bridgehead atoms. The van der Waals surface area contributed by atoms with Gasteiger partial charge in [0, 0.05) is 12.5 Å². The summed E-state index contributed by atoms with van der Waals surface area (Å²) < 4.78 is 9.88. The molecule has 0 aliphatic carbocycles. The minimum atomic E-state index is -0.245. The van der Waals surface area contributed by atoms with E-state index in [1.807, 2.05) is 20.8 Å². The van der Waals surface area contributed by atoms with Crippen LogP contribution in [0.3, 0.4) is 0 Å². The fourth-order valence-corrected chi connectivity index (χ4v) is 2.29. The van der Waals surface area contributed by atoms with E-state index >= 15 is 0 Å². The summed E-state index contributed by atoms with van der Waals surface area (Å²) in [6, 6.07) is 0. The fraction of sp³-hybridized carbons (Fsp3) is 0.562. The second-order valence-corrected chi connectivity index (χ2v) is 5.19. The molecule has 0 aromatic heterocycles. The number of carbonyl (C=O) groups is 1. The maximum atomic E-state index is 9.96. The zero-order valence-electron chi connectivity index (χ0n) is 13.3. The third-order valence-electron chi connectivity index (χ3n) is 3.83. The Morgan fingerprint density at radius 1 is 1.29 bits per heavy atom. The number of methoxy groups -OCH3 is 1. The number of carbonyl (C=O) groups excluding carboxylic acids is 1. The number of aliphatic hydroxyl groups excluding tert-OH is 1. The lowest BCUT2D eigenvalue weighted by Gasteiger charge is -2.28. The van der Waals surface area contributed by atoms with Gasteiger partial charge in [-0.15, -0.1) is 0 Å². The Morgan fingerprint density at radius 3 is 2.33 bits per heavy atom. The van der Waals surface area contributed by atoms with Crippen molar-refractivity contribution in [3.05, 3.63) is 22.3 Å². The SMILES string of the molecule is COC(C)=O.Cc1c(C)c2c(c(C)c1O)CCC(CO)O2. The van der Waals surface area contributed by atoms with Gasteiger partial charge in [0.15, 0.2) is 0 Å². The molecule has 1 aromatic carbocycles. The second kappa shape index (κ2) is 7.31. The Morgan fingerprint density at radius 2 is 1.86 bits per heavy atom. The summed E-state index contributed by atoms with van der Waals surface area (Å²) in [7, 11) is 1.35. The zero-order valence-corrected chi connectivity index (χ0v) is 13.3. The molecule has 0 amide bonds. The molecule has 5 heteroatoms. The van der Waals surface area contributed by atoms with Crippen molar-refractivity contribution in [3.8, 4) is 11.5 Å². The summed E-state index contributed by atoms with van der Waals surface area (Å²) >= 11 is 0. The van der Waals surface area contributed by atoms with Crippen LogP contribution in [0.4, 0.5) is 0 Å². The van der Waals surface area contributed by atoms with Crippen LogP contribution >= 0.6 is 0 Å². The first-order valence-electron chi connectivity index (χ1n) is 6.97. The summed E-state index contributed by atoms with van der Waals surface area (Å²) in [6.07, 6.45) is 1.57. The number of hydrogen-bond donors (Lipinski definition) is 2. The number of esters is 1. The number of aromatic hydroxyl groups is 1. The van der Waals surface area contributed by atoms with Gasteiger partial charge < -0.3 is 19.7 Å². The van der Waals surface area contributed by atoms with E-state index in [0.29, 0.717) is 5.75 Å². The number of benzene rings is 1. The van der Waals surface area contributed by atoms with Gasteiger partial charge in [-0.3, -0.25) is 4.79 Å². The number of ether oxygens (including phenoxy) is 2. The van der Waals surface area contributed by atoms with Crippen LogP contribution in [0.2, 0.25) is 0 Å². The van der Waals surface area contributed by atoms with E-state index in [1.54, 1.807) is 0 Å². The molecule has 21 heavy (non-hydrogen) atoms. The highest BCUT2D eigenvalue weighted by Crippen LogP contribution is 2.40. The van der Waals surface area contributed by atoms with Gasteiger partial charge in [-0.25, -0.2) is 0 Å². The average molecular weight is 296 g/mol. The van der Waals surface area contributed by atoms with E-state index in [0.717, 1.165) is 40.8 Å². The normalized spacial score (nSPS) is 16.2. The third-order valence-corrected chi connectivity index (χ3v) is 3.83. The molecule has 5 nitrogen and oxygen atoms in total. The molecular weight excluding hydrogens is 272 g/mol. The van der Waals surface area contributed by atoms with Gasteiger partial charge in [-0.05, 0) is 50.3 Å².